The van der Waals surface area contributed by atoms with Crippen LogP contribution >= 0.6 is 12.4 Å². The number of amides is 1. The van der Waals surface area contributed by atoms with Gasteiger partial charge in [0.2, 0.25) is 5.91 Å². The molecule has 1 aliphatic rings. The van der Waals surface area contributed by atoms with Crippen LogP contribution in [0.2, 0.25) is 0 Å². The number of aryl methyl sites for hydroxylation is 1. The molecule has 146 valence electrons. The first kappa shape index (κ1) is 21.3. The Bertz CT molecular complexity index is 751. The zero-order valence-electron chi connectivity index (χ0n) is 16.0. The second-order valence-electron chi connectivity index (χ2n) is 7.26. The first-order chi connectivity index (χ1) is 12.5. The second kappa shape index (κ2) is 9.77. The van der Waals surface area contributed by atoms with Gasteiger partial charge in [-0.1, -0.05) is 36.8 Å². The van der Waals surface area contributed by atoms with E-state index in [1.165, 1.54) is 0 Å². The number of nitrogens with two attached hydrogens (primary N) is 1. The van der Waals surface area contributed by atoms with Gasteiger partial charge in [0.15, 0.2) is 0 Å². The van der Waals surface area contributed by atoms with Crippen molar-refractivity contribution < 1.29 is 9.53 Å². The first-order valence-electron chi connectivity index (χ1n) is 9.41. The molecule has 1 saturated carbocycles. The molecule has 2 aromatic carbocycles. The van der Waals surface area contributed by atoms with Crippen LogP contribution in [0.4, 0.5) is 5.69 Å². The van der Waals surface area contributed by atoms with Crippen LogP contribution in [0.15, 0.2) is 48.5 Å². The molecule has 0 radical (unpaired) electrons. The van der Waals surface area contributed by atoms with E-state index in [2.05, 4.69) is 17.4 Å². The molecule has 3 atom stereocenters. The molecular formula is C22H29ClN2O2. The number of nitrogens with one attached hydrogen (secondary N) is 1. The summed E-state index contributed by atoms with van der Waals surface area (Å²) in [5.41, 5.74) is 8.98. The smallest absolute Gasteiger partial charge is 0.227 e. The summed E-state index contributed by atoms with van der Waals surface area (Å²) in [7, 11) is 0. The second-order valence-corrected chi connectivity index (χ2v) is 7.26. The van der Waals surface area contributed by atoms with E-state index >= 15 is 0 Å². The highest BCUT2D eigenvalue weighted by atomic mass is 35.5. The molecular weight excluding hydrogens is 360 g/mol. The normalized spacial score (nSPS) is 20.3. The lowest BCUT2D eigenvalue weighted by Gasteiger charge is -2.26. The van der Waals surface area contributed by atoms with E-state index in [0.29, 0.717) is 0 Å². The average molecular weight is 389 g/mol. The Balaban J connectivity index is 0.00000261. The number of hydrogen-bond acceptors (Lipinski definition) is 3. The maximum atomic E-state index is 12.5. The van der Waals surface area contributed by atoms with Gasteiger partial charge in [-0.15, -0.1) is 12.4 Å². The zero-order chi connectivity index (χ0) is 18.5. The molecule has 0 aliphatic heterocycles. The lowest BCUT2D eigenvalue weighted by atomic mass is 9.85. The van der Waals surface area contributed by atoms with Crippen LogP contribution in [0.25, 0.3) is 0 Å². The van der Waals surface area contributed by atoms with E-state index in [4.69, 9.17) is 10.5 Å². The Kier molecular flexibility index (Phi) is 7.69. The van der Waals surface area contributed by atoms with Gasteiger partial charge in [-0.25, -0.2) is 0 Å². The molecule has 5 heteroatoms. The van der Waals surface area contributed by atoms with Gasteiger partial charge in [-0.3, -0.25) is 4.79 Å². The van der Waals surface area contributed by atoms with Crippen molar-refractivity contribution in [3.8, 4) is 5.75 Å². The van der Waals surface area contributed by atoms with Crippen LogP contribution in [0.1, 0.15) is 49.8 Å². The van der Waals surface area contributed by atoms with Gasteiger partial charge >= 0.3 is 0 Å². The fourth-order valence-electron chi connectivity index (χ4n) is 3.55. The summed E-state index contributed by atoms with van der Waals surface area (Å²) in [5, 5.41) is 3.06. The zero-order valence-corrected chi connectivity index (χ0v) is 16.8. The molecule has 0 spiro atoms. The Morgan fingerprint density at radius 2 is 1.93 bits per heavy atom. The molecule has 1 amide bonds. The third-order valence-electron chi connectivity index (χ3n) is 5.12. The molecule has 0 aromatic heterocycles. The summed E-state index contributed by atoms with van der Waals surface area (Å²) in [6, 6.07) is 16.1. The summed E-state index contributed by atoms with van der Waals surface area (Å²) in [4.78, 5) is 12.5. The third kappa shape index (κ3) is 5.72. The SMILES string of the molecule is Cc1cc(OC(C)c2ccccc2)ccc1NC(=O)C1CCCC(N)C1.Cl. The molecule has 0 bridgehead atoms. The summed E-state index contributed by atoms with van der Waals surface area (Å²) in [6.45, 7) is 4.02. The Hall–Kier alpha value is -2.04. The van der Waals surface area contributed by atoms with Gasteiger partial charge in [0.05, 0.1) is 0 Å². The first-order valence-corrected chi connectivity index (χ1v) is 9.41. The molecule has 3 rings (SSSR count). The van der Waals surface area contributed by atoms with E-state index in [-0.39, 0.29) is 36.4 Å². The fourth-order valence-corrected chi connectivity index (χ4v) is 3.55. The number of halogens is 1. The predicted molar refractivity (Wildman–Crippen MR) is 112 cm³/mol. The number of carbonyl (C=O) groups is 1. The number of rotatable bonds is 5. The Morgan fingerprint density at radius 3 is 2.59 bits per heavy atom. The minimum atomic E-state index is -0.0280. The van der Waals surface area contributed by atoms with Crippen molar-refractivity contribution in [3.05, 3.63) is 59.7 Å². The number of carbonyl (C=O) groups excluding carboxylic acids is 1. The van der Waals surface area contributed by atoms with Crippen molar-refractivity contribution in [2.45, 2.75) is 51.7 Å². The summed E-state index contributed by atoms with van der Waals surface area (Å²) < 4.78 is 6.04. The van der Waals surface area contributed by atoms with E-state index < -0.39 is 0 Å². The lowest BCUT2D eigenvalue weighted by Crippen LogP contribution is -2.34. The number of anilines is 1. The maximum absolute atomic E-state index is 12.5. The fraction of sp³-hybridized carbons (Fsp3) is 0.409. The maximum Gasteiger partial charge on any atom is 0.227 e. The molecule has 1 fully saturated rings. The number of hydrogen-bond donors (Lipinski definition) is 2. The van der Waals surface area contributed by atoms with Crippen molar-refractivity contribution in [3.63, 3.8) is 0 Å². The average Bonchev–Trinajstić information content (AvgIpc) is 2.64. The molecule has 3 N–H and O–H groups in total. The third-order valence-corrected chi connectivity index (χ3v) is 5.12. The van der Waals surface area contributed by atoms with Crippen LogP contribution in [-0.2, 0) is 4.79 Å². The van der Waals surface area contributed by atoms with E-state index in [9.17, 15) is 4.79 Å². The van der Waals surface area contributed by atoms with Crippen molar-refractivity contribution in [2.75, 3.05) is 5.32 Å². The Labute approximate surface area is 167 Å². The summed E-state index contributed by atoms with van der Waals surface area (Å²) >= 11 is 0. The molecule has 2 aromatic rings. The van der Waals surface area contributed by atoms with E-state index in [0.717, 1.165) is 48.2 Å². The van der Waals surface area contributed by atoms with Crippen molar-refractivity contribution in [1.82, 2.24) is 0 Å². The molecule has 4 nitrogen and oxygen atoms in total. The number of benzene rings is 2. The molecule has 0 saturated heterocycles. The minimum Gasteiger partial charge on any atom is -0.486 e. The van der Waals surface area contributed by atoms with Gasteiger partial charge in [-0.2, -0.15) is 0 Å². The molecule has 1 aliphatic carbocycles. The lowest BCUT2D eigenvalue weighted by molar-refractivity contribution is -0.120. The monoisotopic (exact) mass is 388 g/mol. The van der Waals surface area contributed by atoms with Crippen molar-refractivity contribution in [2.24, 2.45) is 11.7 Å². The standard InChI is InChI=1S/C22H28N2O2.ClH/c1-15-13-20(26-16(2)17-7-4-3-5-8-17)11-12-21(15)24-22(25)18-9-6-10-19(23)14-18;/h3-5,7-8,11-13,16,18-19H,6,9-10,14,23H2,1-2H3,(H,24,25);1H. The van der Waals surface area contributed by atoms with Crippen LogP contribution in [0, 0.1) is 12.8 Å². The highest BCUT2D eigenvalue weighted by molar-refractivity contribution is 5.93. The van der Waals surface area contributed by atoms with E-state index in [1.54, 1.807) is 0 Å². The van der Waals surface area contributed by atoms with Crippen LogP contribution in [0.3, 0.4) is 0 Å². The number of ether oxygens (including phenoxy) is 1. The van der Waals surface area contributed by atoms with Gasteiger partial charge in [0.1, 0.15) is 11.9 Å². The predicted octanol–water partition coefficient (Wildman–Crippen LogP) is 5.01. The molecule has 3 unspecified atom stereocenters. The largest absolute Gasteiger partial charge is 0.486 e. The van der Waals surface area contributed by atoms with Gasteiger partial charge in [-0.05, 0) is 62.4 Å². The topological polar surface area (TPSA) is 64.3 Å². The van der Waals surface area contributed by atoms with Gasteiger partial charge in [0.25, 0.3) is 0 Å². The molecule has 27 heavy (non-hydrogen) atoms. The Morgan fingerprint density at radius 1 is 1.19 bits per heavy atom. The van der Waals surface area contributed by atoms with Crippen LogP contribution in [-0.4, -0.2) is 11.9 Å². The minimum absolute atomic E-state index is 0. The highest BCUT2D eigenvalue weighted by Gasteiger charge is 2.25. The van der Waals surface area contributed by atoms with Gasteiger partial charge < -0.3 is 15.8 Å². The van der Waals surface area contributed by atoms with Gasteiger partial charge in [0, 0.05) is 17.6 Å². The summed E-state index contributed by atoms with van der Waals surface area (Å²) in [5.74, 6) is 0.901. The summed E-state index contributed by atoms with van der Waals surface area (Å²) in [6.07, 6.45) is 3.73. The molecule has 0 heterocycles. The highest BCUT2D eigenvalue weighted by Crippen LogP contribution is 2.28. The van der Waals surface area contributed by atoms with Crippen molar-refractivity contribution >= 4 is 24.0 Å². The van der Waals surface area contributed by atoms with Crippen LogP contribution < -0.4 is 15.8 Å². The van der Waals surface area contributed by atoms with E-state index in [1.807, 2.05) is 50.2 Å². The van der Waals surface area contributed by atoms with Crippen LogP contribution in [0.5, 0.6) is 5.75 Å². The van der Waals surface area contributed by atoms with Crippen molar-refractivity contribution in [1.29, 1.82) is 0 Å². The quantitative estimate of drug-likeness (QED) is 0.756.